The topological polar surface area (TPSA) is 34.2 Å². The van der Waals surface area contributed by atoms with Crippen molar-refractivity contribution in [2.75, 3.05) is 11.9 Å². The minimum atomic E-state index is 0.170. The molecular weight excluding hydrogens is 256 g/mol. The van der Waals surface area contributed by atoms with Crippen LogP contribution >= 0.6 is 11.3 Å². The molecule has 3 rings (SSSR count). The number of nitrogens with zero attached hydrogens (tertiary/aromatic N) is 1. The van der Waals surface area contributed by atoms with E-state index >= 15 is 0 Å². The summed E-state index contributed by atoms with van der Waals surface area (Å²) >= 11 is 1.59. The number of terminal acetylenes is 1. The molecule has 1 fully saturated rings. The third-order valence-electron chi connectivity index (χ3n) is 3.06. The molecular formula is C15H14N2OS. The Morgan fingerprint density at radius 3 is 3.21 bits per heavy atom. The van der Waals surface area contributed by atoms with Gasteiger partial charge in [0, 0.05) is 23.2 Å². The molecule has 1 aromatic carbocycles. The summed E-state index contributed by atoms with van der Waals surface area (Å²) in [5.41, 5.74) is 2.85. The van der Waals surface area contributed by atoms with Crippen LogP contribution in [0.4, 0.5) is 10.8 Å². The van der Waals surface area contributed by atoms with Crippen LogP contribution in [0.15, 0.2) is 29.6 Å². The van der Waals surface area contributed by atoms with Crippen molar-refractivity contribution in [3.8, 4) is 12.3 Å². The van der Waals surface area contributed by atoms with E-state index in [1.54, 1.807) is 11.3 Å². The molecule has 0 aliphatic carbocycles. The fourth-order valence-electron chi connectivity index (χ4n) is 2.11. The molecule has 1 unspecified atom stereocenters. The van der Waals surface area contributed by atoms with Gasteiger partial charge in [-0.3, -0.25) is 0 Å². The monoisotopic (exact) mass is 270 g/mol. The molecule has 1 saturated heterocycles. The van der Waals surface area contributed by atoms with Gasteiger partial charge in [-0.2, -0.15) is 0 Å². The molecule has 1 aliphatic rings. The second-order valence-electron chi connectivity index (χ2n) is 4.43. The minimum Gasteiger partial charge on any atom is -0.372 e. The molecule has 1 N–H and O–H groups in total. The van der Waals surface area contributed by atoms with Crippen LogP contribution < -0.4 is 5.32 Å². The van der Waals surface area contributed by atoms with Crippen LogP contribution in [0.5, 0.6) is 0 Å². The molecule has 1 aliphatic heterocycles. The predicted octanol–water partition coefficient (Wildman–Crippen LogP) is 3.72. The third kappa shape index (κ3) is 2.78. The van der Waals surface area contributed by atoms with E-state index in [1.165, 1.54) is 0 Å². The second-order valence-corrected chi connectivity index (χ2v) is 5.29. The lowest BCUT2D eigenvalue weighted by Gasteiger charge is -2.05. The van der Waals surface area contributed by atoms with Crippen molar-refractivity contribution in [2.24, 2.45) is 0 Å². The van der Waals surface area contributed by atoms with Crippen LogP contribution in [-0.2, 0) is 4.74 Å². The minimum absolute atomic E-state index is 0.170. The number of anilines is 2. The third-order valence-corrected chi connectivity index (χ3v) is 3.84. The zero-order valence-corrected chi connectivity index (χ0v) is 11.2. The van der Waals surface area contributed by atoms with Gasteiger partial charge in [-0.05, 0) is 31.0 Å². The highest BCUT2D eigenvalue weighted by atomic mass is 32.1. The molecule has 2 aromatic rings. The number of ether oxygens (including phenoxy) is 1. The van der Waals surface area contributed by atoms with E-state index < -0.39 is 0 Å². The fourth-order valence-corrected chi connectivity index (χ4v) is 2.88. The highest BCUT2D eigenvalue weighted by Gasteiger charge is 2.20. The van der Waals surface area contributed by atoms with Gasteiger partial charge in [0.2, 0.25) is 0 Å². The van der Waals surface area contributed by atoms with E-state index in [4.69, 9.17) is 11.2 Å². The smallest absolute Gasteiger partial charge is 0.187 e. The number of rotatable bonds is 3. The Labute approximate surface area is 116 Å². The SMILES string of the molecule is C#Cc1cccc(Nc2nc(C3CCCO3)cs2)c1. The molecule has 0 amide bonds. The normalized spacial score (nSPS) is 18.2. The standard InChI is InChI=1S/C15H14N2OS/c1-2-11-5-3-6-12(9-11)16-15-17-13(10-19-15)14-7-4-8-18-14/h1,3,5-6,9-10,14H,4,7-8H2,(H,16,17). The molecule has 0 spiro atoms. The molecule has 0 radical (unpaired) electrons. The average molecular weight is 270 g/mol. The maximum Gasteiger partial charge on any atom is 0.187 e. The van der Waals surface area contributed by atoms with Gasteiger partial charge in [0.05, 0.1) is 5.69 Å². The molecule has 4 heteroatoms. The highest BCUT2D eigenvalue weighted by molar-refractivity contribution is 7.13. The van der Waals surface area contributed by atoms with Gasteiger partial charge in [0.15, 0.2) is 5.13 Å². The number of hydrogen-bond donors (Lipinski definition) is 1. The van der Waals surface area contributed by atoms with Crippen LogP contribution in [0.25, 0.3) is 0 Å². The van der Waals surface area contributed by atoms with Crippen molar-refractivity contribution in [3.63, 3.8) is 0 Å². The maximum absolute atomic E-state index is 5.63. The van der Waals surface area contributed by atoms with Crippen LogP contribution in [-0.4, -0.2) is 11.6 Å². The van der Waals surface area contributed by atoms with Crippen molar-refractivity contribution >= 4 is 22.2 Å². The summed E-state index contributed by atoms with van der Waals surface area (Å²) in [4.78, 5) is 4.57. The van der Waals surface area contributed by atoms with Crippen LogP contribution in [0, 0.1) is 12.3 Å². The van der Waals surface area contributed by atoms with E-state index in [0.29, 0.717) is 0 Å². The van der Waals surface area contributed by atoms with E-state index in [-0.39, 0.29) is 6.10 Å². The Hall–Kier alpha value is -1.83. The molecule has 96 valence electrons. The summed E-state index contributed by atoms with van der Waals surface area (Å²) in [7, 11) is 0. The second kappa shape index (κ2) is 5.43. The number of benzene rings is 1. The highest BCUT2D eigenvalue weighted by Crippen LogP contribution is 2.31. The Morgan fingerprint density at radius 1 is 1.47 bits per heavy atom. The molecule has 19 heavy (non-hydrogen) atoms. The first-order valence-electron chi connectivity index (χ1n) is 6.26. The Bertz CT molecular complexity index is 609. The number of nitrogens with one attached hydrogen (secondary N) is 1. The van der Waals surface area contributed by atoms with Crippen LogP contribution in [0.3, 0.4) is 0 Å². The first-order chi connectivity index (χ1) is 9.35. The Morgan fingerprint density at radius 2 is 2.42 bits per heavy atom. The molecule has 1 atom stereocenters. The van der Waals surface area contributed by atoms with Crippen molar-refractivity contribution < 1.29 is 4.74 Å². The summed E-state index contributed by atoms with van der Waals surface area (Å²) < 4.78 is 5.63. The Balaban J connectivity index is 1.74. The van der Waals surface area contributed by atoms with Crippen LogP contribution in [0.1, 0.15) is 30.2 Å². The van der Waals surface area contributed by atoms with Gasteiger partial charge in [-0.25, -0.2) is 4.98 Å². The Kier molecular flexibility index (Phi) is 3.49. The van der Waals surface area contributed by atoms with Gasteiger partial charge in [0.25, 0.3) is 0 Å². The first kappa shape index (κ1) is 12.2. The summed E-state index contributed by atoms with van der Waals surface area (Å²) in [6.07, 6.45) is 7.75. The van der Waals surface area contributed by atoms with Crippen molar-refractivity contribution in [2.45, 2.75) is 18.9 Å². The van der Waals surface area contributed by atoms with Crippen molar-refractivity contribution in [3.05, 3.63) is 40.9 Å². The van der Waals surface area contributed by atoms with Gasteiger partial charge >= 0.3 is 0 Å². The number of thiazole rings is 1. The summed E-state index contributed by atoms with van der Waals surface area (Å²) in [5.74, 6) is 2.63. The summed E-state index contributed by atoms with van der Waals surface area (Å²) in [6, 6.07) is 7.76. The van der Waals surface area contributed by atoms with Crippen molar-refractivity contribution in [1.29, 1.82) is 0 Å². The van der Waals surface area contributed by atoms with Crippen molar-refractivity contribution in [1.82, 2.24) is 4.98 Å². The zero-order chi connectivity index (χ0) is 13.1. The number of hydrogen-bond acceptors (Lipinski definition) is 4. The lowest BCUT2D eigenvalue weighted by Crippen LogP contribution is -1.97. The van der Waals surface area contributed by atoms with E-state index in [2.05, 4.69) is 21.6 Å². The first-order valence-corrected chi connectivity index (χ1v) is 7.14. The molecule has 3 nitrogen and oxygen atoms in total. The maximum atomic E-state index is 5.63. The molecule has 0 saturated carbocycles. The van der Waals surface area contributed by atoms with Gasteiger partial charge in [0.1, 0.15) is 6.10 Å². The summed E-state index contributed by atoms with van der Waals surface area (Å²) in [6.45, 7) is 0.842. The van der Waals surface area contributed by atoms with E-state index in [1.807, 2.05) is 24.3 Å². The van der Waals surface area contributed by atoms with E-state index in [0.717, 1.165) is 41.5 Å². The van der Waals surface area contributed by atoms with Gasteiger partial charge in [-0.15, -0.1) is 17.8 Å². The lowest BCUT2D eigenvalue weighted by atomic mass is 10.2. The summed E-state index contributed by atoms with van der Waals surface area (Å²) in [5, 5.41) is 6.21. The van der Waals surface area contributed by atoms with Gasteiger partial charge < -0.3 is 10.1 Å². The number of aromatic nitrogens is 1. The lowest BCUT2D eigenvalue weighted by molar-refractivity contribution is 0.109. The zero-order valence-electron chi connectivity index (χ0n) is 10.4. The molecule has 2 heterocycles. The van der Waals surface area contributed by atoms with Crippen LogP contribution in [0.2, 0.25) is 0 Å². The molecule has 0 bridgehead atoms. The predicted molar refractivity (Wildman–Crippen MR) is 77.7 cm³/mol. The average Bonchev–Trinajstić information content (AvgIpc) is 3.09. The van der Waals surface area contributed by atoms with Gasteiger partial charge in [-0.1, -0.05) is 12.0 Å². The van der Waals surface area contributed by atoms with E-state index in [9.17, 15) is 0 Å². The molecule has 1 aromatic heterocycles. The fraction of sp³-hybridized carbons (Fsp3) is 0.267. The quantitative estimate of drug-likeness (QED) is 0.863. The largest absolute Gasteiger partial charge is 0.372 e.